The molecule has 1 aromatic rings. The number of nitrogens with one attached hydrogen (secondary N) is 1. The Morgan fingerprint density at radius 3 is 2.42 bits per heavy atom. The molecule has 1 aromatic carbocycles. The summed E-state index contributed by atoms with van der Waals surface area (Å²) in [4.78, 5) is 21.4. The Balaban J connectivity index is 3.07. The normalized spacial score (nSPS) is 11.6. The summed E-state index contributed by atoms with van der Waals surface area (Å²) in [5.74, 6) is -2.42. The first kappa shape index (κ1) is 15.0. The number of carbonyl (C=O) groups is 2. The van der Waals surface area contributed by atoms with Crippen LogP contribution < -0.4 is 5.32 Å². The van der Waals surface area contributed by atoms with E-state index in [-0.39, 0.29) is 5.02 Å². The summed E-state index contributed by atoms with van der Waals surface area (Å²) in [7, 11) is 0. The fourth-order valence-electron chi connectivity index (χ4n) is 1.20. The van der Waals surface area contributed by atoms with Gasteiger partial charge in [-0.15, -0.1) is 0 Å². The maximum absolute atomic E-state index is 12.7. The van der Waals surface area contributed by atoms with Gasteiger partial charge >= 0.3 is 12.1 Å². The number of rotatable bonds is 3. The van der Waals surface area contributed by atoms with Crippen LogP contribution in [0.2, 0.25) is 5.02 Å². The molecular formula is C11H7ClF3NO3. The van der Waals surface area contributed by atoms with Crippen molar-refractivity contribution in [3.63, 3.8) is 0 Å². The van der Waals surface area contributed by atoms with E-state index in [1.54, 1.807) is 0 Å². The Hall–Kier alpha value is -2.02. The van der Waals surface area contributed by atoms with Crippen molar-refractivity contribution in [1.29, 1.82) is 0 Å². The maximum Gasteiger partial charge on any atom is 0.418 e. The Bertz CT molecular complexity index is 540. The van der Waals surface area contributed by atoms with Crippen LogP contribution in [0.5, 0.6) is 0 Å². The Morgan fingerprint density at radius 1 is 1.26 bits per heavy atom. The summed E-state index contributed by atoms with van der Waals surface area (Å²) in [6.45, 7) is 0. The monoisotopic (exact) mass is 293 g/mol. The van der Waals surface area contributed by atoms with Crippen molar-refractivity contribution in [1.82, 2.24) is 0 Å². The number of hydrogen-bond acceptors (Lipinski definition) is 2. The first-order chi connectivity index (χ1) is 8.71. The molecule has 0 bridgehead atoms. The fourth-order valence-corrected chi connectivity index (χ4v) is 1.42. The molecule has 0 saturated carbocycles. The number of benzene rings is 1. The standard InChI is InChI=1S/C11H7ClF3NO3/c12-7-3-1-2-6(11(13,14)15)10(7)16-8(17)4-5-9(18)19/h1-5H,(H,16,17)(H,18,19)/b5-4+. The van der Waals surface area contributed by atoms with Gasteiger partial charge in [0.25, 0.3) is 0 Å². The maximum atomic E-state index is 12.7. The summed E-state index contributed by atoms with van der Waals surface area (Å²) < 4.78 is 38.0. The van der Waals surface area contributed by atoms with Gasteiger partial charge in [0.15, 0.2) is 0 Å². The van der Waals surface area contributed by atoms with Crippen LogP contribution in [0.15, 0.2) is 30.4 Å². The highest BCUT2D eigenvalue weighted by Gasteiger charge is 2.34. The number of anilines is 1. The molecule has 0 atom stereocenters. The summed E-state index contributed by atoms with van der Waals surface area (Å²) >= 11 is 5.59. The van der Waals surface area contributed by atoms with Gasteiger partial charge in [0.05, 0.1) is 16.3 Å². The number of halogens is 4. The predicted octanol–water partition coefficient (Wildman–Crippen LogP) is 2.94. The van der Waals surface area contributed by atoms with Crippen molar-refractivity contribution in [2.24, 2.45) is 0 Å². The van der Waals surface area contributed by atoms with Gasteiger partial charge in [-0.1, -0.05) is 17.7 Å². The van der Waals surface area contributed by atoms with E-state index in [0.717, 1.165) is 12.1 Å². The number of carboxylic acids is 1. The van der Waals surface area contributed by atoms with Crippen molar-refractivity contribution in [2.75, 3.05) is 5.32 Å². The minimum Gasteiger partial charge on any atom is -0.478 e. The zero-order chi connectivity index (χ0) is 14.6. The molecule has 0 fully saturated rings. The van der Waals surface area contributed by atoms with E-state index in [9.17, 15) is 22.8 Å². The lowest BCUT2D eigenvalue weighted by atomic mass is 10.1. The average Bonchev–Trinajstić information content (AvgIpc) is 2.27. The molecule has 0 saturated heterocycles. The molecule has 19 heavy (non-hydrogen) atoms. The van der Waals surface area contributed by atoms with Crippen molar-refractivity contribution in [3.8, 4) is 0 Å². The number of alkyl halides is 3. The molecular weight excluding hydrogens is 287 g/mol. The fraction of sp³-hybridized carbons (Fsp3) is 0.0909. The van der Waals surface area contributed by atoms with E-state index in [4.69, 9.17) is 16.7 Å². The first-order valence-electron chi connectivity index (χ1n) is 4.79. The molecule has 4 nitrogen and oxygen atoms in total. The van der Waals surface area contributed by atoms with E-state index < -0.39 is 29.3 Å². The third-order valence-corrected chi connectivity index (χ3v) is 2.26. The van der Waals surface area contributed by atoms with Crippen molar-refractivity contribution in [2.45, 2.75) is 6.18 Å². The molecule has 0 spiro atoms. The Labute approximate surface area is 110 Å². The second-order valence-corrected chi connectivity index (χ2v) is 3.73. The number of amides is 1. The molecule has 2 N–H and O–H groups in total. The lowest BCUT2D eigenvalue weighted by molar-refractivity contribution is -0.137. The predicted molar refractivity (Wildman–Crippen MR) is 61.9 cm³/mol. The topological polar surface area (TPSA) is 66.4 Å². The SMILES string of the molecule is O=C(O)/C=C/C(=O)Nc1c(Cl)cccc1C(F)(F)F. The zero-order valence-corrected chi connectivity index (χ0v) is 9.92. The second-order valence-electron chi connectivity index (χ2n) is 3.32. The summed E-state index contributed by atoms with van der Waals surface area (Å²) in [6.07, 6.45) is -3.60. The van der Waals surface area contributed by atoms with Gasteiger partial charge in [0.2, 0.25) is 5.91 Å². The van der Waals surface area contributed by atoms with Crippen molar-refractivity contribution < 1.29 is 27.9 Å². The van der Waals surface area contributed by atoms with Crippen LogP contribution in [-0.2, 0) is 15.8 Å². The molecule has 0 unspecified atom stereocenters. The zero-order valence-electron chi connectivity index (χ0n) is 9.16. The van der Waals surface area contributed by atoms with Crippen molar-refractivity contribution >= 4 is 29.2 Å². The molecule has 0 heterocycles. The van der Waals surface area contributed by atoms with E-state index in [1.165, 1.54) is 6.07 Å². The molecule has 0 radical (unpaired) electrons. The number of para-hydroxylation sites is 1. The van der Waals surface area contributed by atoms with Crippen LogP contribution >= 0.6 is 11.6 Å². The molecule has 0 aliphatic heterocycles. The first-order valence-corrected chi connectivity index (χ1v) is 5.17. The van der Waals surface area contributed by atoms with Crippen LogP contribution in [0.3, 0.4) is 0 Å². The lowest BCUT2D eigenvalue weighted by Crippen LogP contribution is -2.15. The second kappa shape index (κ2) is 5.75. The Kier molecular flexibility index (Phi) is 4.55. The van der Waals surface area contributed by atoms with Crippen LogP contribution in [0.4, 0.5) is 18.9 Å². The number of carboxylic acid groups (broad SMARTS) is 1. The minimum absolute atomic E-state index is 0.299. The quantitative estimate of drug-likeness (QED) is 0.842. The minimum atomic E-state index is -4.69. The molecule has 0 aliphatic rings. The number of hydrogen-bond donors (Lipinski definition) is 2. The summed E-state index contributed by atoms with van der Waals surface area (Å²) in [5, 5.41) is 9.89. The van der Waals surface area contributed by atoms with Gasteiger partial charge in [0.1, 0.15) is 0 Å². The highest BCUT2D eigenvalue weighted by atomic mass is 35.5. The van der Waals surface area contributed by atoms with Gasteiger partial charge in [-0.3, -0.25) is 4.79 Å². The molecule has 0 aliphatic carbocycles. The number of aliphatic carboxylic acids is 1. The number of carbonyl (C=O) groups excluding carboxylic acids is 1. The third-order valence-electron chi connectivity index (χ3n) is 1.94. The average molecular weight is 294 g/mol. The molecule has 1 amide bonds. The highest BCUT2D eigenvalue weighted by molar-refractivity contribution is 6.34. The van der Waals surface area contributed by atoms with Gasteiger partial charge in [0, 0.05) is 12.2 Å². The van der Waals surface area contributed by atoms with E-state index in [1.807, 2.05) is 5.32 Å². The summed E-state index contributed by atoms with van der Waals surface area (Å²) in [5.41, 5.74) is -1.73. The van der Waals surface area contributed by atoms with E-state index >= 15 is 0 Å². The molecule has 8 heteroatoms. The van der Waals surface area contributed by atoms with Crippen LogP contribution in [0.1, 0.15) is 5.56 Å². The molecule has 102 valence electrons. The third kappa shape index (κ3) is 4.29. The highest BCUT2D eigenvalue weighted by Crippen LogP contribution is 2.38. The van der Waals surface area contributed by atoms with Gasteiger partial charge in [-0.05, 0) is 12.1 Å². The largest absolute Gasteiger partial charge is 0.478 e. The van der Waals surface area contributed by atoms with Gasteiger partial charge in [-0.25, -0.2) is 4.79 Å². The van der Waals surface area contributed by atoms with Gasteiger partial charge < -0.3 is 10.4 Å². The van der Waals surface area contributed by atoms with E-state index in [2.05, 4.69) is 0 Å². The lowest BCUT2D eigenvalue weighted by Gasteiger charge is -2.14. The molecule has 1 rings (SSSR count). The van der Waals surface area contributed by atoms with E-state index in [0.29, 0.717) is 12.2 Å². The van der Waals surface area contributed by atoms with Crippen molar-refractivity contribution in [3.05, 3.63) is 40.9 Å². The van der Waals surface area contributed by atoms with Crippen LogP contribution in [-0.4, -0.2) is 17.0 Å². The van der Waals surface area contributed by atoms with Crippen LogP contribution in [0, 0.1) is 0 Å². The summed E-state index contributed by atoms with van der Waals surface area (Å²) in [6, 6.07) is 3.02. The Morgan fingerprint density at radius 2 is 1.89 bits per heavy atom. The smallest absolute Gasteiger partial charge is 0.418 e. The van der Waals surface area contributed by atoms with Crippen LogP contribution in [0.25, 0.3) is 0 Å². The molecule has 0 aromatic heterocycles. The van der Waals surface area contributed by atoms with Gasteiger partial charge in [-0.2, -0.15) is 13.2 Å².